The van der Waals surface area contributed by atoms with Crippen molar-refractivity contribution in [3.63, 3.8) is 0 Å². The number of hydrogen-bond acceptors (Lipinski definition) is 7. The van der Waals surface area contributed by atoms with Gasteiger partial charge in [-0.15, -0.1) is 0 Å². The van der Waals surface area contributed by atoms with Crippen LogP contribution in [0.2, 0.25) is 0 Å². The molecule has 6 rings (SSSR count). The number of fused-ring (bicyclic) bond motifs is 2. The van der Waals surface area contributed by atoms with Gasteiger partial charge in [-0.25, -0.2) is 0 Å². The van der Waals surface area contributed by atoms with Gasteiger partial charge in [-0.3, -0.25) is 28.8 Å². The van der Waals surface area contributed by atoms with Crippen molar-refractivity contribution in [2.45, 2.75) is 146 Å². The first-order chi connectivity index (χ1) is 29.5. The third kappa shape index (κ3) is 11.3. The fourth-order valence-corrected chi connectivity index (χ4v) is 9.25. The number of carbonyl (C=O) groups excluding carboxylic acids is 6. The van der Waals surface area contributed by atoms with Gasteiger partial charge in [-0.05, 0) is 118 Å². The highest BCUT2D eigenvalue weighted by Gasteiger charge is 2.40. The zero-order chi connectivity index (χ0) is 43.5. The molecule has 0 aromatic heterocycles. The molecule has 0 bridgehead atoms. The highest BCUT2D eigenvalue weighted by atomic mass is 16.2. The molecule has 2 aliphatic heterocycles. The van der Waals surface area contributed by atoms with Crippen LogP contribution in [0.3, 0.4) is 0 Å². The molecular formula is C49H62N6O6. The van der Waals surface area contributed by atoms with Crippen molar-refractivity contribution in [3.05, 3.63) is 70.8 Å². The lowest BCUT2D eigenvalue weighted by atomic mass is 9.79. The van der Waals surface area contributed by atoms with Gasteiger partial charge in [0, 0.05) is 38.3 Å². The van der Waals surface area contributed by atoms with E-state index in [2.05, 4.69) is 69.2 Å². The number of hydrogen-bond donors (Lipinski definition) is 4. The number of likely N-dealkylation sites (N-methyl/N-ethyl adjacent to an activating group) is 1. The SMILES string of the molecule is CN[C@@H](C)C(=O)N[C@@H](CC#CC#CC[C@H](NC(=O)C(C)C)C(=O)N1CCC[C@H]1C(=O)N[C@@H]1CCCc2ccccc21)C(=O)N1CCC[C@H]1C(=O)C[C@@H]1CCCc2ccccc21. The normalized spacial score (nSPS) is 21.9. The summed E-state index contributed by atoms with van der Waals surface area (Å²) in [5, 5.41) is 11.8. The molecule has 2 fully saturated rings. The molecular weight excluding hydrogens is 769 g/mol. The van der Waals surface area contributed by atoms with Gasteiger partial charge in [-0.1, -0.05) is 74.2 Å². The molecule has 0 radical (unpaired) electrons. The zero-order valence-corrected chi connectivity index (χ0v) is 36.2. The van der Waals surface area contributed by atoms with Gasteiger partial charge < -0.3 is 31.1 Å². The van der Waals surface area contributed by atoms with E-state index >= 15 is 0 Å². The van der Waals surface area contributed by atoms with Crippen LogP contribution < -0.4 is 21.3 Å². The minimum absolute atomic E-state index is 0.0331. The second-order valence-electron chi connectivity index (χ2n) is 17.3. The number of Topliss-reactive ketones (excluding diaryl/α,β-unsaturated/α-hetero) is 1. The molecule has 7 atom stereocenters. The number of likely N-dealkylation sites (tertiary alicyclic amines) is 2. The molecule has 12 nitrogen and oxygen atoms in total. The summed E-state index contributed by atoms with van der Waals surface area (Å²) in [6.45, 7) is 5.99. The molecule has 4 aliphatic rings. The number of ketones is 1. The largest absolute Gasteiger partial charge is 0.347 e. The predicted octanol–water partition coefficient (Wildman–Crippen LogP) is 4.26. The van der Waals surface area contributed by atoms with Crippen LogP contribution in [0.5, 0.6) is 0 Å². The van der Waals surface area contributed by atoms with E-state index < -0.39 is 30.2 Å². The number of nitrogens with one attached hydrogen (secondary N) is 4. The molecule has 2 saturated heterocycles. The molecule has 2 aromatic carbocycles. The van der Waals surface area contributed by atoms with Crippen molar-refractivity contribution < 1.29 is 28.8 Å². The van der Waals surface area contributed by atoms with Crippen molar-refractivity contribution in [1.82, 2.24) is 31.1 Å². The molecule has 2 heterocycles. The number of nitrogens with zero attached hydrogens (tertiary/aromatic N) is 2. The van der Waals surface area contributed by atoms with E-state index in [0.717, 1.165) is 44.1 Å². The Morgan fingerprint density at radius 2 is 1.21 bits per heavy atom. The number of benzene rings is 2. The highest BCUT2D eigenvalue weighted by Crippen LogP contribution is 2.36. The summed E-state index contributed by atoms with van der Waals surface area (Å²) >= 11 is 0. The van der Waals surface area contributed by atoms with E-state index in [1.54, 1.807) is 37.6 Å². The molecule has 5 amide bonds. The molecule has 61 heavy (non-hydrogen) atoms. The lowest BCUT2D eigenvalue weighted by molar-refractivity contribution is -0.141. The second-order valence-corrected chi connectivity index (χ2v) is 17.3. The van der Waals surface area contributed by atoms with E-state index in [0.29, 0.717) is 45.2 Å². The van der Waals surface area contributed by atoms with Crippen LogP contribution in [-0.2, 0) is 41.6 Å². The third-order valence-electron chi connectivity index (χ3n) is 12.8. The minimum Gasteiger partial charge on any atom is -0.347 e. The van der Waals surface area contributed by atoms with Crippen LogP contribution in [-0.4, -0.2) is 95.5 Å². The van der Waals surface area contributed by atoms with Crippen LogP contribution in [0, 0.1) is 29.6 Å². The molecule has 2 aliphatic carbocycles. The summed E-state index contributed by atoms with van der Waals surface area (Å²) in [5.74, 6) is 9.62. The topological polar surface area (TPSA) is 157 Å². The molecule has 0 unspecified atom stereocenters. The lowest BCUT2D eigenvalue weighted by Gasteiger charge is -2.31. The summed E-state index contributed by atoms with van der Waals surface area (Å²) in [6.07, 6.45) is 8.52. The third-order valence-corrected chi connectivity index (χ3v) is 12.8. The van der Waals surface area contributed by atoms with Crippen LogP contribution in [0.4, 0.5) is 0 Å². The van der Waals surface area contributed by atoms with E-state index in [-0.39, 0.29) is 66.0 Å². The Hall–Kier alpha value is -5.46. The Kier molecular flexibility index (Phi) is 15.8. The Labute approximate surface area is 361 Å². The first-order valence-corrected chi connectivity index (χ1v) is 22.3. The number of carbonyl (C=O) groups is 6. The Morgan fingerprint density at radius 3 is 1.84 bits per heavy atom. The van der Waals surface area contributed by atoms with Gasteiger partial charge in [0.1, 0.15) is 18.1 Å². The molecule has 12 heteroatoms. The monoisotopic (exact) mass is 830 g/mol. The standard InChI is InChI=1S/C49H62N6O6/c1-32(2)45(57)52-40(49(61)55-30-16-28-43(55)47(59)51-39-26-14-20-35-18-10-12-23-38(35)39)24-7-5-6-8-25-41(53-46(58)33(3)50-4)48(60)54-29-15-27-42(54)44(56)31-36-21-13-19-34-17-9-11-22-37(34)36/h9-12,17-18,22-23,32-33,36,39-43,50H,13-16,19-21,24-31H2,1-4H3,(H,51,59)(H,52,57)(H,53,58)/t33-,36-,39+,40-,41-,42-,43-/m0/s1. The van der Waals surface area contributed by atoms with E-state index in [9.17, 15) is 28.8 Å². The van der Waals surface area contributed by atoms with Crippen molar-refractivity contribution in [2.24, 2.45) is 5.92 Å². The van der Waals surface area contributed by atoms with Crippen LogP contribution in [0.15, 0.2) is 48.5 Å². The number of aryl methyl sites for hydroxylation is 2. The zero-order valence-electron chi connectivity index (χ0n) is 36.2. The fourth-order valence-electron chi connectivity index (χ4n) is 9.25. The summed E-state index contributed by atoms with van der Waals surface area (Å²) in [6, 6.07) is 12.6. The first-order valence-electron chi connectivity index (χ1n) is 22.3. The highest BCUT2D eigenvalue weighted by molar-refractivity contribution is 5.95. The van der Waals surface area contributed by atoms with Gasteiger partial charge in [0.25, 0.3) is 0 Å². The minimum atomic E-state index is -0.999. The summed E-state index contributed by atoms with van der Waals surface area (Å²) in [7, 11) is 1.66. The average Bonchev–Trinajstić information content (AvgIpc) is 3.98. The van der Waals surface area contributed by atoms with E-state index in [1.807, 2.05) is 24.3 Å². The maximum atomic E-state index is 14.1. The molecule has 2 aromatic rings. The average molecular weight is 831 g/mol. The van der Waals surface area contributed by atoms with Gasteiger partial charge in [0.15, 0.2) is 5.78 Å². The predicted molar refractivity (Wildman–Crippen MR) is 233 cm³/mol. The summed E-state index contributed by atoms with van der Waals surface area (Å²) in [4.78, 5) is 84.8. The quantitative estimate of drug-likeness (QED) is 0.208. The Bertz CT molecular complexity index is 2080. The summed E-state index contributed by atoms with van der Waals surface area (Å²) in [5.41, 5.74) is 4.87. The fraction of sp³-hybridized carbons (Fsp3) is 0.551. The van der Waals surface area contributed by atoms with E-state index in [4.69, 9.17) is 0 Å². The van der Waals surface area contributed by atoms with Gasteiger partial charge in [-0.2, -0.15) is 0 Å². The lowest BCUT2D eigenvalue weighted by Crippen LogP contribution is -2.54. The molecule has 0 saturated carbocycles. The van der Waals surface area contributed by atoms with Crippen LogP contribution in [0.25, 0.3) is 0 Å². The maximum absolute atomic E-state index is 14.1. The Morgan fingerprint density at radius 1 is 0.672 bits per heavy atom. The van der Waals surface area contributed by atoms with Crippen LogP contribution in [0.1, 0.15) is 126 Å². The summed E-state index contributed by atoms with van der Waals surface area (Å²) < 4.78 is 0. The number of amides is 5. The first kappa shape index (κ1) is 45.1. The van der Waals surface area contributed by atoms with Crippen molar-refractivity contribution >= 4 is 35.3 Å². The molecule has 324 valence electrons. The van der Waals surface area contributed by atoms with Crippen molar-refractivity contribution in [2.75, 3.05) is 20.1 Å². The van der Waals surface area contributed by atoms with E-state index in [1.165, 1.54) is 16.7 Å². The molecule has 4 N–H and O–H groups in total. The van der Waals surface area contributed by atoms with Crippen LogP contribution >= 0.6 is 0 Å². The maximum Gasteiger partial charge on any atom is 0.246 e. The van der Waals surface area contributed by atoms with Gasteiger partial charge in [0.05, 0.1) is 18.1 Å². The smallest absolute Gasteiger partial charge is 0.246 e. The Balaban J connectivity index is 1.11. The van der Waals surface area contributed by atoms with Crippen molar-refractivity contribution in [1.29, 1.82) is 0 Å². The number of rotatable bonds is 14. The van der Waals surface area contributed by atoms with Crippen molar-refractivity contribution in [3.8, 4) is 23.7 Å². The second kappa shape index (κ2) is 21.4. The van der Waals surface area contributed by atoms with Gasteiger partial charge >= 0.3 is 0 Å². The molecule has 0 spiro atoms. The van der Waals surface area contributed by atoms with Gasteiger partial charge in [0.2, 0.25) is 29.5 Å².